The molecule has 0 aromatic heterocycles. The first-order valence-corrected chi connectivity index (χ1v) is 12.7. The SMILES string of the molecule is O=C(O)CCCCC(=O)OCCOCCOCCOCCOCCOCCOCCOc1ccccc1. The lowest BCUT2D eigenvalue weighted by molar-refractivity contribution is -0.146. The standard InChI is InChI=1S/C26H42O11/c27-25(28)8-4-5-9-26(29)37-23-21-35-19-17-33-15-13-31-11-10-30-12-14-32-16-18-34-20-22-36-24-6-2-1-3-7-24/h1-3,6-7H,4-5,8-23H2,(H,27,28). The molecule has 0 amide bonds. The molecule has 11 heteroatoms. The summed E-state index contributed by atoms with van der Waals surface area (Å²) in [5.41, 5.74) is 0. The number of rotatable bonds is 27. The lowest BCUT2D eigenvalue weighted by Crippen LogP contribution is -2.15. The number of unbranched alkanes of at least 4 members (excludes halogenated alkanes) is 1. The highest BCUT2D eigenvalue weighted by atomic mass is 16.6. The smallest absolute Gasteiger partial charge is 0.305 e. The molecule has 0 aliphatic carbocycles. The summed E-state index contributed by atoms with van der Waals surface area (Å²) in [5.74, 6) is -0.368. The highest BCUT2D eigenvalue weighted by molar-refractivity contribution is 5.69. The van der Waals surface area contributed by atoms with Gasteiger partial charge in [0.25, 0.3) is 0 Å². The van der Waals surface area contributed by atoms with Crippen LogP contribution in [0.2, 0.25) is 0 Å². The molecule has 1 N–H and O–H groups in total. The number of carboxylic acids is 1. The van der Waals surface area contributed by atoms with E-state index in [1.54, 1.807) is 0 Å². The molecule has 0 radical (unpaired) electrons. The van der Waals surface area contributed by atoms with E-state index in [0.29, 0.717) is 98.7 Å². The molecule has 0 aliphatic heterocycles. The van der Waals surface area contributed by atoms with Crippen LogP contribution in [0.5, 0.6) is 5.75 Å². The number of ether oxygens (including phenoxy) is 8. The van der Waals surface area contributed by atoms with Gasteiger partial charge in [0.05, 0.1) is 79.3 Å². The van der Waals surface area contributed by atoms with Crippen molar-refractivity contribution in [2.24, 2.45) is 0 Å². The molecule has 1 aromatic carbocycles. The molecule has 0 fully saturated rings. The van der Waals surface area contributed by atoms with Gasteiger partial charge in [-0.05, 0) is 25.0 Å². The predicted molar refractivity (Wildman–Crippen MR) is 134 cm³/mol. The van der Waals surface area contributed by atoms with Crippen LogP contribution in [-0.2, 0) is 42.7 Å². The van der Waals surface area contributed by atoms with Crippen LogP contribution in [0.3, 0.4) is 0 Å². The van der Waals surface area contributed by atoms with Crippen LogP contribution >= 0.6 is 0 Å². The van der Waals surface area contributed by atoms with Crippen LogP contribution in [0.15, 0.2) is 30.3 Å². The van der Waals surface area contributed by atoms with E-state index < -0.39 is 5.97 Å². The fraction of sp³-hybridized carbons (Fsp3) is 0.692. The Bertz CT molecular complexity index is 657. The van der Waals surface area contributed by atoms with Gasteiger partial charge < -0.3 is 43.0 Å². The average molecular weight is 531 g/mol. The van der Waals surface area contributed by atoms with Gasteiger partial charge in [-0.25, -0.2) is 0 Å². The first kappa shape index (κ1) is 32.7. The van der Waals surface area contributed by atoms with Gasteiger partial charge in [0.15, 0.2) is 0 Å². The molecule has 11 nitrogen and oxygen atoms in total. The van der Waals surface area contributed by atoms with Crippen LogP contribution in [-0.4, -0.2) is 110 Å². The minimum atomic E-state index is -0.859. The Morgan fingerprint density at radius 2 is 0.946 bits per heavy atom. The fourth-order valence-electron chi connectivity index (χ4n) is 2.77. The van der Waals surface area contributed by atoms with Crippen molar-refractivity contribution in [2.45, 2.75) is 25.7 Å². The van der Waals surface area contributed by atoms with Crippen molar-refractivity contribution in [2.75, 3.05) is 92.5 Å². The van der Waals surface area contributed by atoms with E-state index in [2.05, 4.69) is 0 Å². The molecular formula is C26H42O11. The summed E-state index contributed by atoms with van der Waals surface area (Å²) in [7, 11) is 0. The van der Waals surface area contributed by atoms with Crippen molar-refractivity contribution in [3.63, 3.8) is 0 Å². The minimum Gasteiger partial charge on any atom is -0.491 e. The predicted octanol–water partition coefficient (Wildman–Crippen LogP) is 2.35. The molecule has 1 aromatic rings. The molecule has 0 spiro atoms. The second-order valence-electron chi connectivity index (χ2n) is 7.66. The quantitative estimate of drug-likeness (QED) is 0.133. The summed E-state index contributed by atoms with van der Waals surface area (Å²) < 4.78 is 43.0. The van der Waals surface area contributed by atoms with Crippen molar-refractivity contribution >= 4 is 11.9 Å². The third-order valence-electron chi connectivity index (χ3n) is 4.61. The zero-order chi connectivity index (χ0) is 26.7. The zero-order valence-electron chi connectivity index (χ0n) is 21.6. The van der Waals surface area contributed by atoms with Gasteiger partial charge in [-0.15, -0.1) is 0 Å². The lowest BCUT2D eigenvalue weighted by atomic mass is 10.2. The van der Waals surface area contributed by atoms with E-state index in [1.165, 1.54) is 0 Å². The van der Waals surface area contributed by atoms with Crippen LogP contribution in [0.1, 0.15) is 25.7 Å². The zero-order valence-corrected chi connectivity index (χ0v) is 21.6. The van der Waals surface area contributed by atoms with Gasteiger partial charge in [-0.1, -0.05) is 18.2 Å². The summed E-state index contributed by atoms with van der Waals surface area (Å²) in [6.45, 7) is 6.19. The number of benzene rings is 1. The summed E-state index contributed by atoms with van der Waals surface area (Å²) in [6.07, 6.45) is 1.26. The topological polar surface area (TPSA) is 128 Å². The van der Waals surface area contributed by atoms with Crippen molar-refractivity contribution < 1.29 is 52.6 Å². The van der Waals surface area contributed by atoms with Gasteiger partial charge in [0.1, 0.15) is 19.0 Å². The number of esters is 1. The van der Waals surface area contributed by atoms with E-state index in [-0.39, 0.29) is 25.4 Å². The maximum Gasteiger partial charge on any atom is 0.305 e. The number of carbonyl (C=O) groups excluding carboxylic acids is 1. The Hall–Kier alpha value is -2.28. The van der Waals surface area contributed by atoms with Crippen LogP contribution < -0.4 is 4.74 Å². The number of aliphatic carboxylic acids is 1. The molecule has 0 aliphatic rings. The number of carbonyl (C=O) groups is 2. The maximum absolute atomic E-state index is 11.4. The molecule has 37 heavy (non-hydrogen) atoms. The Kier molecular flexibility index (Phi) is 22.5. The van der Waals surface area contributed by atoms with E-state index in [4.69, 9.17) is 43.0 Å². The highest BCUT2D eigenvalue weighted by Gasteiger charge is 2.04. The molecule has 1 rings (SSSR count). The molecule has 0 unspecified atom stereocenters. The summed E-state index contributed by atoms with van der Waals surface area (Å²) in [4.78, 5) is 21.8. The Morgan fingerprint density at radius 1 is 0.541 bits per heavy atom. The Labute approximate surface area is 219 Å². The first-order valence-electron chi connectivity index (χ1n) is 12.7. The van der Waals surface area contributed by atoms with Crippen molar-refractivity contribution in [3.8, 4) is 5.75 Å². The third kappa shape index (κ3) is 23.8. The molecular weight excluding hydrogens is 488 g/mol. The average Bonchev–Trinajstić information content (AvgIpc) is 2.90. The molecule has 212 valence electrons. The van der Waals surface area contributed by atoms with Gasteiger partial charge in [0.2, 0.25) is 0 Å². The largest absolute Gasteiger partial charge is 0.491 e. The van der Waals surface area contributed by atoms with Crippen molar-refractivity contribution in [1.29, 1.82) is 0 Å². The van der Waals surface area contributed by atoms with Gasteiger partial charge in [-0.2, -0.15) is 0 Å². The van der Waals surface area contributed by atoms with Gasteiger partial charge in [-0.3, -0.25) is 9.59 Å². The normalized spacial score (nSPS) is 10.9. The Morgan fingerprint density at radius 3 is 1.41 bits per heavy atom. The molecule has 0 bridgehead atoms. The first-order chi connectivity index (χ1) is 18.2. The summed E-state index contributed by atoms with van der Waals surface area (Å²) in [6, 6.07) is 9.62. The number of para-hydroxylation sites is 1. The number of carboxylic acid groups (broad SMARTS) is 1. The molecule has 0 atom stereocenters. The van der Waals surface area contributed by atoms with E-state index in [1.807, 2.05) is 30.3 Å². The van der Waals surface area contributed by atoms with Crippen LogP contribution in [0.4, 0.5) is 0 Å². The van der Waals surface area contributed by atoms with E-state index in [0.717, 1.165) is 5.75 Å². The van der Waals surface area contributed by atoms with E-state index >= 15 is 0 Å². The van der Waals surface area contributed by atoms with Gasteiger partial charge in [0, 0.05) is 12.8 Å². The second-order valence-corrected chi connectivity index (χ2v) is 7.66. The number of hydrogen-bond acceptors (Lipinski definition) is 10. The van der Waals surface area contributed by atoms with E-state index in [9.17, 15) is 9.59 Å². The minimum absolute atomic E-state index is 0.0648. The van der Waals surface area contributed by atoms with Gasteiger partial charge >= 0.3 is 11.9 Å². The summed E-state index contributed by atoms with van der Waals surface area (Å²) in [5, 5.41) is 8.52. The van der Waals surface area contributed by atoms with Crippen molar-refractivity contribution in [3.05, 3.63) is 30.3 Å². The fourth-order valence-corrected chi connectivity index (χ4v) is 2.77. The second kappa shape index (κ2) is 25.4. The summed E-state index contributed by atoms with van der Waals surface area (Å²) >= 11 is 0. The number of hydrogen-bond donors (Lipinski definition) is 1. The van der Waals surface area contributed by atoms with Crippen molar-refractivity contribution in [1.82, 2.24) is 0 Å². The lowest BCUT2D eigenvalue weighted by Gasteiger charge is -2.09. The Balaban J connectivity index is 1.67. The molecule has 0 saturated carbocycles. The molecule has 0 heterocycles. The maximum atomic E-state index is 11.4. The monoisotopic (exact) mass is 530 g/mol. The third-order valence-corrected chi connectivity index (χ3v) is 4.61. The van der Waals surface area contributed by atoms with Crippen LogP contribution in [0.25, 0.3) is 0 Å². The molecule has 0 saturated heterocycles. The highest BCUT2D eigenvalue weighted by Crippen LogP contribution is 2.07. The van der Waals surface area contributed by atoms with Crippen LogP contribution in [0, 0.1) is 0 Å².